The molecule has 0 atom stereocenters. The van der Waals surface area contributed by atoms with Crippen LogP contribution in [0.2, 0.25) is 0 Å². The first kappa shape index (κ1) is 24.1. The van der Waals surface area contributed by atoms with Gasteiger partial charge < -0.3 is 43.8 Å². The van der Waals surface area contributed by atoms with Crippen LogP contribution in [0, 0.1) is 0 Å². The fourth-order valence-corrected chi connectivity index (χ4v) is 2.55. The number of nitrogens with zero attached hydrogens (tertiary/aromatic N) is 2. The summed E-state index contributed by atoms with van der Waals surface area (Å²) in [5.41, 5.74) is 2.99. The average molecular weight is 351 g/mol. The van der Waals surface area contributed by atoms with Crippen LogP contribution in [0.3, 0.4) is 0 Å². The molecule has 25 heavy (non-hydrogen) atoms. The largest absolute Gasteiger partial charge is 1.00 e. The Bertz CT molecular complexity index is 983. The van der Waals surface area contributed by atoms with Gasteiger partial charge in [0.15, 0.2) is 0 Å². The van der Waals surface area contributed by atoms with Crippen molar-refractivity contribution < 1.29 is 24.0 Å². The van der Waals surface area contributed by atoms with E-state index in [-0.39, 0.29) is 63.3 Å². The molecule has 0 bridgehead atoms. The number of aromatic nitrogens is 2. The van der Waals surface area contributed by atoms with E-state index < -0.39 is 0 Å². The predicted octanol–water partition coefficient (Wildman–Crippen LogP) is 0.798. The van der Waals surface area contributed by atoms with Gasteiger partial charge in [-0.3, -0.25) is 4.98 Å². The van der Waals surface area contributed by atoms with Crippen LogP contribution in [0.25, 0.3) is 33.1 Å². The molecule has 0 aliphatic heterocycles. The van der Waals surface area contributed by atoms with Crippen molar-refractivity contribution in [2.45, 2.75) is 0 Å². The van der Waals surface area contributed by atoms with Gasteiger partial charge in [0.05, 0.1) is 16.7 Å². The van der Waals surface area contributed by atoms with E-state index in [9.17, 15) is 5.11 Å². The third kappa shape index (κ3) is 4.64. The van der Waals surface area contributed by atoms with Crippen molar-refractivity contribution in [2.75, 3.05) is 0 Å². The molecule has 0 N–H and O–H groups in total. The number of para-hydroxylation sites is 1. The zero-order valence-electron chi connectivity index (χ0n) is 14.3. The molecule has 118 valence electrons. The summed E-state index contributed by atoms with van der Waals surface area (Å²) in [6, 6.07) is 18.8. The van der Waals surface area contributed by atoms with Crippen LogP contribution in [0.5, 0.6) is 5.75 Å². The smallest absolute Gasteiger partial charge is 1.00 e. The quantitative estimate of drug-likeness (QED) is 0.290. The Labute approximate surface area is 177 Å². The molecular formula is C18H15Li2N2OP2-3. The molecule has 0 fully saturated rings. The molecule has 0 aliphatic carbocycles. The van der Waals surface area contributed by atoms with E-state index in [1.54, 1.807) is 24.4 Å². The maximum absolute atomic E-state index is 12.0. The van der Waals surface area contributed by atoms with Gasteiger partial charge >= 0.3 is 18.9 Å². The second kappa shape index (κ2) is 10.3. The first-order valence-corrected chi connectivity index (χ1v) is 6.74. The molecular weight excluding hydrogens is 336 g/mol. The minimum atomic E-state index is -0.0162. The number of hydrogen-bond donors (Lipinski definition) is 0. The number of rotatable bonds is 1. The van der Waals surface area contributed by atoms with Crippen LogP contribution in [0.1, 0.15) is 0 Å². The van der Waals surface area contributed by atoms with Crippen molar-refractivity contribution in [3.8, 4) is 17.0 Å². The first-order valence-electron chi connectivity index (χ1n) is 6.74. The van der Waals surface area contributed by atoms with Crippen LogP contribution < -0.4 is 24.0 Å². The summed E-state index contributed by atoms with van der Waals surface area (Å²) in [5, 5.41) is 14.0. The topological polar surface area (TPSA) is 48.8 Å². The Kier molecular flexibility index (Phi) is 9.94. The first-order chi connectivity index (χ1) is 10.3. The summed E-state index contributed by atoms with van der Waals surface area (Å²) in [6.07, 6.45) is 1.76. The maximum Gasteiger partial charge on any atom is 1.00 e. The molecule has 7 heteroatoms. The zero-order valence-corrected chi connectivity index (χ0v) is 16.6. The number of benzene rings is 2. The summed E-state index contributed by atoms with van der Waals surface area (Å²) < 4.78 is 0. The standard InChI is InChI=1S/C18H12N2O.2Li.2H2P/c21-16-6-2-1-5-14(16)15-10-9-13-8-7-12-4-3-11-19-17(12)18(13)20-15;;;;/h1-11,21H;;;2*1H2/q;-1;+1;2*-1/p-1. The molecule has 2 radical (unpaired) electrons. The second-order valence-corrected chi connectivity index (χ2v) is 4.91. The minimum Gasteiger partial charge on any atom is -1.00 e. The van der Waals surface area contributed by atoms with Crippen LogP contribution >= 0.6 is 19.8 Å². The molecule has 4 rings (SSSR count). The third-order valence-electron chi connectivity index (χ3n) is 3.60. The van der Waals surface area contributed by atoms with E-state index in [0.717, 1.165) is 21.8 Å². The van der Waals surface area contributed by atoms with Crippen LogP contribution in [-0.2, 0) is 0 Å². The van der Waals surface area contributed by atoms with Gasteiger partial charge in [0, 0.05) is 17.0 Å². The fourth-order valence-electron chi connectivity index (χ4n) is 2.55. The van der Waals surface area contributed by atoms with Crippen LogP contribution in [-0.4, -0.2) is 28.8 Å². The Morgan fingerprint density at radius 1 is 0.720 bits per heavy atom. The molecule has 2 aromatic carbocycles. The number of fused-ring (bicyclic) bond motifs is 3. The monoisotopic (exact) mass is 351 g/mol. The van der Waals surface area contributed by atoms with Crippen molar-refractivity contribution >= 4 is 60.5 Å². The van der Waals surface area contributed by atoms with E-state index in [0.29, 0.717) is 11.3 Å². The van der Waals surface area contributed by atoms with Gasteiger partial charge in [-0.25, -0.2) is 4.98 Å². The van der Waals surface area contributed by atoms with Gasteiger partial charge in [0.1, 0.15) is 0 Å². The molecule has 3 nitrogen and oxygen atoms in total. The summed E-state index contributed by atoms with van der Waals surface area (Å²) >= 11 is 0. The maximum atomic E-state index is 12.0. The molecule has 0 unspecified atom stereocenters. The molecule has 0 amide bonds. The van der Waals surface area contributed by atoms with Crippen molar-refractivity contribution in [3.63, 3.8) is 0 Å². The van der Waals surface area contributed by atoms with Crippen molar-refractivity contribution in [2.24, 2.45) is 0 Å². The summed E-state index contributed by atoms with van der Waals surface area (Å²) in [6.45, 7) is 0. The Hall–Kier alpha value is -0.885. The molecule has 4 aromatic rings. The van der Waals surface area contributed by atoms with E-state index in [1.165, 1.54) is 0 Å². The molecule has 2 aromatic heterocycles. The van der Waals surface area contributed by atoms with Crippen molar-refractivity contribution in [1.82, 2.24) is 9.97 Å². The van der Waals surface area contributed by atoms with E-state index in [1.807, 2.05) is 42.5 Å². The van der Waals surface area contributed by atoms with Crippen LogP contribution in [0.15, 0.2) is 66.9 Å². The SMILES string of the molecule is [Li+].[Li-].[O-]c1ccccc1-c1ccc2ccc3cccnc3c2n1.[PH2-].[PH2-]. The minimum absolute atomic E-state index is 0. The Balaban J connectivity index is 0.00000144. The molecule has 0 saturated heterocycles. The second-order valence-electron chi connectivity index (χ2n) is 4.91. The van der Waals surface area contributed by atoms with Gasteiger partial charge in [-0.1, -0.05) is 54.3 Å². The summed E-state index contributed by atoms with van der Waals surface area (Å²) in [5.74, 6) is -0.0162. The molecule has 2 heterocycles. The van der Waals surface area contributed by atoms with Crippen LogP contribution in [0.4, 0.5) is 0 Å². The van der Waals surface area contributed by atoms with Crippen molar-refractivity contribution in [1.29, 1.82) is 0 Å². The van der Waals surface area contributed by atoms with Crippen molar-refractivity contribution in [3.05, 3.63) is 66.9 Å². The molecule has 0 aliphatic rings. The number of pyridine rings is 2. The summed E-state index contributed by atoms with van der Waals surface area (Å²) in [7, 11) is 0. The van der Waals surface area contributed by atoms with Gasteiger partial charge in [-0.2, -0.15) is 0 Å². The van der Waals surface area contributed by atoms with E-state index in [2.05, 4.69) is 9.97 Å². The van der Waals surface area contributed by atoms with E-state index in [4.69, 9.17) is 0 Å². The zero-order chi connectivity index (χ0) is 14.2. The van der Waals surface area contributed by atoms with Gasteiger partial charge in [0.2, 0.25) is 0 Å². The Morgan fingerprint density at radius 2 is 1.36 bits per heavy atom. The molecule has 0 spiro atoms. The summed E-state index contributed by atoms with van der Waals surface area (Å²) in [4.78, 5) is 9.10. The Morgan fingerprint density at radius 3 is 2.08 bits per heavy atom. The number of hydrogen-bond acceptors (Lipinski definition) is 3. The molecule has 0 saturated carbocycles. The normalized spacial score (nSPS) is 9.28. The van der Waals surface area contributed by atoms with E-state index >= 15 is 0 Å². The third-order valence-corrected chi connectivity index (χ3v) is 3.60. The van der Waals surface area contributed by atoms with Gasteiger partial charge in [-0.05, 0) is 17.7 Å². The van der Waals surface area contributed by atoms with Gasteiger partial charge in [0.25, 0.3) is 0 Å². The van der Waals surface area contributed by atoms with Gasteiger partial charge in [-0.15, -0.1) is 0 Å². The predicted molar refractivity (Wildman–Crippen MR) is 107 cm³/mol. The fraction of sp³-hybridized carbons (Fsp3) is 0. The average Bonchev–Trinajstić information content (AvgIpc) is 2.55.